The van der Waals surface area contributed by atoms with Crippen molar-refractivity contribution < 1.29 is 33.0 Å². The topological polar surface area (TPSA) is 96.2 Å². The zero-order valence-electron chi connectivity index (χ0n) is 25.3. The summed E-state index contributed by atoms with van der Waals surface area (Å²) in [6.45, 7) is 11.6. The number of amides is 1. The van der Waals surface area contributed by atoms with Gasteiger partial charge in [0.05, 0.1) is 19.8 Å². The zero-order chi connectivity index (χ0) is 30.5. The Bertz CT molecular complexity index is 1560. The Balaban J connectivity index is 1.55. The number of furan rings is 1. The minimum Gasteiger partial charge on any atom is -0.497 e. The first-order valence-electron chi connectivity index (χ1n) is 13.9. The smallest absolute Gasteiger partial charge is 0.407 e. The van der Waals surface area contributed by atoms with E-state index in [4.69, 9.17) is 23.4 Å². The third-order valence-corrected chi connectivity index (χ3v) is 6.10. The molecule has 1 heterocycles. The minimum absolute atomic E-state index is 0.0555. The van der Waals surface area contributed by atoms with Crippen molar-refractivity contribution in [2.75, 3.05) is 7.11 Å². The summed E-state index contributed by atoms with van der Waals surface area (Å²) in [5.74, 6) is 0.860. The van der Waals surface area contributed by atoms with Crippen LogP contribution in [-0.4, -0.2) is 30.4 Å². The molecule has 0 aliphatic heterocycles. The standard InChI is InChI=1S/C34H39NO7/c1-33(2,3)41-30(36)19-26-18-27(38-7)11-12-29(26)40-21-23-16-25-13-14-39-31(25)28(17-23)24-10-8-9-22(15-24)20-35-32(37)42-34(4,5)6/h8-18H,19-21H2,1-7H3,(H,35,37). The largest absolute Gasteiger partial charge is 0.497 e. The molecule has 4 rings (SSSR count). The van der Waals surface area contributed by atoms with E-state index in [-0.39, 0.29) is 19.0 Å². The molecule has 0 saturated carbocycles. The maximum atomic E-state index is 12.6. The lowest BCUT2D eigenvalue weighted by molar-refractivity contribution is -0.153. The number of rotatable bonds is 9. The van der Waals surface area contributed by atoms with Gasteiger partial charge in [-0.05, 0) is 101 Å². The zero-order valence-corrected chi connectivity index (χ0v) is 25.3. The third kappa shape index (κ3) is 8.52. The Hall–Kier alpha value is -4.46. The second-order valence-corrected chi connectivity index (χ2v) is 12.1. The Kier molecular flexibility index (Phi) is 9.14. The molecule has 42 heavy (non-hydrogen) atoms. The van der Waals surface area contributed by atoms with E-state index in [1.807, 2.05) is 84.0 Å². The molecule has 1 aromatic heterocycles. The Morgan fingerprint density at radius 2 is 1.62 bits per heavy atom. The summed E-state index contributed by atoms with van der Waals surface area (Å²) in [7, 11) is 1.58. The van der Waals surface area contributed by atoms with Crippen LogP contribution in [0.2, 0.25) is 0 Å². The van der Waals surface area contributed by atoms with E-state index in [9.17, 15) is 9.59 Å². The van der Waals surface area contributed by atoms with Gasteiger partial charge in [-0.3, -0.25) is 4.79 Å². The summed E-state index contributed by atoms with van der Waals surface area (Å²) < 4.78 is 28.3. The predicted octanol–water partition coefficient (Wildman–Crippen LogP) is 7.60. The van der Waals surface area contributed by atoms with E-state index in [0.717, 1.165) is 33.2 Å². The van der Waals surface area contributed by atoms with Crippen LogP contribution in [-0.2, 0) is 33.8 Å². The minimum atomic E-state index is -0.587. The number of hydrogen-bond acceptors (Lipinski definition) is 7. The molecule has 0 spiro atoms. The molecule has 0 saturated heterocycles. The van der Waals surface area contributed by atoms with Crippen molar-refractivity contribution in [3.05, 3.63) is 83.6 Å². The third-order valence-electron chi connectivity index (χ3n) is 6.10. The number of ether oxygens (including phenoxy) is 4. The number of carbonyl (C=O) groups excluding carboxylic acids is 2. The number of alkyl carbamates (subject to hydrolysis) is 1. The van der Waals surface area contributed by atoms with Crippen LogP contribution >= 0.6 is 0 Å². The van der Waals surface area contributed by atoms with Gasteiger partial charge in [0.1, 0.15) is 34.9 Å². The first kappa shape index (κ1) is 30.5. The average Bonchev–Trinajstić information content (AvgIpc) is 3.37. The maximum absolute atomic E-state index is 12.6. The predicted molar refractivity (Wildman–Crippen MR) is 162 cm³/mol. The number of benzene rings is 3. The Labute approximate surface area is 246 Å². The van der Waals surface area contributed by atoms with Crippen LogP contribution < -0.4 is 14.8 Å². The fraction of sp³-hybridized carbons (Fsp3) is 0.353. The molecule has 4 aromatic rings. The number of fused-ring (bicyclic) bond motifs is 1. The van der Waals surface area contributed by atoms with E-state index in [1.165, 1.54) is 0 Å². The highest BCUT2D eigenvalue weighted by atomic mass is 16.6. The van der Waals surface area contributed by atoms with E-state index >= 15 is 0 Å². The summed E-state index contributed by atoms with van der Waals surface area (Å²) in [5.41, 5.74) is 3.97. The number of methoxy groups -OCH3 is 1. The SMILES string of the molecule is COc1ccc(OCc2cc(-c3cccc(CNC(=O)OC(C)(C)C)c3)c3occc3c2)c(CC(=O)OC(C)(C)C)c1. The van der Waals surface area contributed by atoms with Crippen molar-refractivity contribution in [1.29, 1.82) is 0 Å². The monoisotopic (exact) mass is 573 g/mol. The van der Waals surface area contributed by atoms with Gasteiger partial charge in [-0.25, -0.2) is 4.79 Å². The fourth-order valence-electron chi connectivity index (χ4n) is 4.44. The molecular formula is C34H39NO7. The van der Waals surface area contributed by atoms with Crippen LogP contribution in [0.15, 0.2) is 71.3 Å². The maximum Gasteiger partial charge on any atom is 0.407 e. The molecule has 0 aliphatic rings. The molecule has 0 fully saturated rings. The second kappa shape index (κ2) is 12.6. The van der Waals surface area contributed by atoms with E-state index < -0.39 is 17.3 Å². The highest BCUT2D eigenvalue weighted by molar-refractivity contribution is 5.93. The molecule has 0 atom stereocenters. The normalized spacial score (nSPS) is 11.7. The molecular weight excluding hydrogens is 534 g/mol. The van der Waals surface area contributed by atoms with E-state index in [0.29, 0.717) is 23.6 Å². The quantitative estimate of drug-likeness (QED) is 0.206. The lowest BCUT2D eigenvalue weighted by Gasteiger charge is -2.20. The van der Waals surface area contributed by atoms with Gasteiger partial charge in [0, 0.05) is 23.1 Å². The molecule has 0 radical (unpaired) electrons. The van der Waals surface area contributed by atoms with Crippen LogP contribution in [0.3, 0.4) is 0 Å². The molecule has 1 N–H and O–H groups in total. The van der Waals surface area contributed by atoms with Crippen molar-refractivity contribution >= 4 is 23.0 Å². The molecule has 1 amide bonds. The number of hydrogen-bond donors (Lipinski definition) is 1. The van der Waals surface area contributed by atoms with Crippen molar-refractivity contribution in [3.8, 4) is 22.6 Å². The summed E-state index contributed by atoms with van der Waals surface area (Å²) in [6, 6.07) is 19.3. The second-order valence-electron chi connectivity index (χ2n) is 12.1. The van der Waals surface area contributed by atoms with Crippen LogP contribution in [0, 0.1) is 0 Å². The van der Waals surface area contributed by atoms with Crippen LogP contribution in [0.1, 0.15) is 58.2 Å². The molecule has 222 valence electrons. The summed E-state index contributed by atoms with van der Waals surface area (Å²) >= 11 is 0. The van der Waals surface area contributed by atoms with Gasteiger partial charge >= 0.3 is 12.1 Å². The summed E-state index contributed by atoms with van der Waals surface area (Å²) in [4.78, 5) is 24.7. The lowest BCUT2D eigenvalue weighted by Crippen LogP contribution is -2.32. The summed E-state index contributed by atoms with van der Waals surface area (Å²) in [6.07, 6.45) is 1.25. The Morgan fingerprint density at radius 1 is 0.857 bits per heavy atom. The van der Waals surface area contributed by atoms with Gasteiger partial charge in [-0.15, -0.1) is 0 Å². The van der Waals surface area contributed by atoms with Crippen molar-refractivity contribution in [2.45, 2.75) is 72.3 Å². The van der Waals surface area contributed by atoms with Gasteiger partial charge in [0.15, 0.2) is 0 Å². The van der Waals surface area contributed by atoms with Crippen molar-refractivity contribution in [1.82, 2.24) is 5.32 Å². The lowest BCUT2D eigenvalue weighted by atomic mass is 9.99. The first-order valence-corrected chi connectivity index (χ1v) is 13.9. The highest BCUT2D eigenvalue weighted by Gasteiger charge is 2.20. The van der Waals surface area contributed by atoms with Gasteiger partial charge in [-0.2, -0.15) is 0 Å². The van der Waals surface area contributed by atoms with Crippen LogP contribution in [0.4, 0.5) is 4.79 Å². The summed E-state index contributed by atoms with van der Waals surface area (Å²) in [5, 5.41) is 3.75. The average molecular weight is 574 g/mol. The van der Waals surface area contributed by atoms with Crippen LogP contribution in [0.25, 0.3) is 22.1 Å². The fourth-order valence-corrected chi connectivity index (χ4v) is 4.44. The van der Waals surface area contributed by atoms with Crippen LogP contribution in [0.5, 0.6) is 11.5 Å². The van der Waals surface area contributed by atoms with E-state index in [1.54, 1.807) is 31.6 Å². The van der Waals surface area contributed by atoms with Crippen molar-refractivity contribution in [2.24, 2.45) is 0 Å². The molecule has 0 bridgehead atoms. The molecule has 3 aromatic carbocycles. The molecule has 8 heteroatoms. The molecule has 0 unspecified atom stereocenters. The molecule has 0 aliphatic carbocycles. The first-order chi connectivity index (χ1) is 19.8. The highest BCUT2D eigenvalue weighted by Crippen LogP contribution is 2.33. The molecule has 8 nitrogen and oxygen atoms in total. The van der Waals surface area contributed by atoms with Gasteiger partial charge < -0.3 is 28.7 Å². The Morgan fingerprint density at radius 3 is 2.33 bits per heavy atom. The number of carbonyl (C=O) groups is 2. The number of nitrogens with one attached hydrogen (secondary N) is 1. The van der Waals surface area contributed by atoms with Gasteiger partial charge in [0.25, 0.3) is 0 Å². The van der Waals surface area contributed by atoms with Crippen molar-refractivity contribution in [3.63, 3.8) is 0 Å². The number of esters is 1. The van der Waals surface area contributed by atoms with E-state index in [2.05, 4.69) is 5.32 Å². The van der Waals surface area contributed by atoms with Gasteiger partial charge in [-0.1, -0.05) is 18.2 Å². The van der Waals surface area contributed by atoms with Gasteiger partial charge in [0.2, 0.25) is 0 Å².